The summed E-state index contributed by atoms with van der Waals surface area (Å²) in [5, 5.41) is 0. The van der Waals surface area contributed by atoms with Gasteiger partial charge >= 0.3 is 0 Å². The number of nitrogens with one attached hydrogen (secondary N) is 1. The molecule has 1 aliphatic rings. The molecule has 0 saturated carbocycles. The van der Waals surface area contributed by atoms with Gasteiger partial charge < -0.3 is 9.80 Å². The SMILES string of the molecule is O=C(c1ccc(NS(=O)(=O)c2ccc(Cl)s2)cc1)N1CCN(c2ccccn2)CC1. The number of sulfonamides is 1. The third-order valence-electron chi connectivity index (χ3n) is 4.74. The number of carbonyl (C=O) groups is 1. The Morgan fingerprint density at radius 3 is 2.33 bits per heavy atom. The van der Waals surface area contributed by atoms with Crippen LogP contribution in [-0.2, 0) is 10.0 Å². The van der Waals surface area contributed by atoms with Crippen LogP contribution in [0.15, 0.2) is 65.0 Å². The highest BCUT2D eigenvalue weighted by Gasteiger charge is 2.23. The predicted octanol–water partition coefficient (Wildman–Crippen LogP) is 3.56. The Hall–Kier alpha value is -2.62. The van der Waals surface area contributed by atoms with Gasteiger partial charge in [-0.15, -0.1) is 11.3 Å². The van der Waals surface area contributed by atoms with Gasteiger partial charge in [0, 0.05) is 43.6 Å². The first-order valence-electron chi connectivity index (χ1n) is 9.26. The van der Waals surface area contributed by atoms with E-state index in [1.54, 1.807) is 35.4 Å². The van der Waals surface area contributed by atoms with Gasteiger partial charge in [-0.2, -0.15) is 0 Å². The van der Waals surface area contributed by atoms with E-state index in [0.29, 0.717) is 41.8 Å². The summed E-state index contributed by atoms with van der Waals surface area (Å²) < 4.78 is 27.8. The second-order valence-corrected chi connectivity index (χ2v) is 10.3. The van der Waals surface area contributed by atoms with Crippen molar-refractivity contribution < 1.29 is 13.2 Å². The van der Waals surface area contributed by atoms with E-state index in [1.165, 1.54) is 12.1 Å². The number of rotatable bonds is 5. The smallest absolute Gasteiger partial charge is 0.271 e. The largest absolute Gasteiger partial charge is 0.353 e. The Morgan fingerprint density at radius 2 is 1.73 bits per heavy atom. The molecular formula is C20H19ClN4O3S2. The van der Waals surface area contributed by atoms with E-state index in [-0.39, 0.29) is 10.1 Å². The van der Waals surface area contributed by atoms with Crippen molar-refractivity contribution >= 4 is 50.4 Å². The molecule has 0 unspecified atom stereocenters. The number of anilines is 2. The number of benzene rings is 1. The minimum absolute atomic E-state index is 0.0740. The van der Waals surface area contributed by atoms with Crippen LogP contribution in [0.3, 0.4) is 0 Å². The molecule has 1 fully saturated rings. The maximum Gasteiger partial charge on any atom is 0.271 e. The van der Waals surface area contributed by atoms with E-state index in [2.05, 4.69) is 14.6 Å². The number of thiophene rings is 1. The molecule has 0 aliphatic carbocycles. The molecule has 1 saturated heterocycles. The van der Waals surface area contributed by atoms with Gasteiger partial charge in [0.05, 0.1) is 4.34 Å². The van der Waals surface area contributed by atoms with Gasteiger partial charge in [0.2, 0.25) is 0 Å². The number of carbonyl (C=O) groups excluding carboxylic acids is 1. The van der Waals surface area contributed by atoms with Crippen LogP contribution in [0.25, 0.3) is 0 Å². The highest BCUT2D eigenvalue weighted by molar-refractivity contribution is 7.94. The van der Waals surface area contributed by atoms with Crippen LogP contribution >= 0.6 is 22.9 Å². The quantitative estimate of drug-likeness (QED) is 0.626. The topological polar surface area (TPSA) is 82.6 Å². The fourth-order valence-electron chi connectivity index (χ4n) is 3.19. The average molecular weight is 463 g/mol. The van der Waals surface area contributed by atoms with Gasteiger partial charge in [0.1, 0.15) is 10.0 Å². The maximum absolute atomic E-state index is 12.8. The minimum atomic E-state index is -3.70. The van der Waals surface area contributed by atoms with Crippen LogP contribution in [0.2, 0.25) is 4.34 Å². The van der Waals surface area contributed by atoms with Gasteiger partial charge in [-0.1, -0.05) is 17.7 Å². The lowest BCUT2D eigenvalue weighted by Gasteiger charge is -2.35. The summed E-state index contributed by atoms with van der Waals surface area (Å²) in [6.07, 6.45) is 1.76. The molecule has 7 nitrogen and oxygen atoms in total. The molecule has 0 atom stereocenters. The lowest BCUT2D eigenvalue weighted by atomic mass is 10.1. The van der Waals surface area contributed by atoms with Crippen LogP contribution in [0, 0.1) is 0 Å². The summed E-state index contributed by atoms with van der Waals surface area (Å²) in [6, 6.07) is 15.2. The Labute approximate surface area is 184 Å². The Morgan fingerprint density at radius 1 is 1.00 bits per heavy atom. The van der Waals surface area contributed by atoms with E-state index in [4.69, 9.17) is 11.6 Å². The summed E-state index contributed by atoms with van der Waals surface area (Å²) in [5.41, 5.74) is 0.902. The molecule has 30 heavy (non-hydrogen) atoms. The predicted molar refractivity (Wildman–Crippen MR) is 119 cm³/mol. The first-order valence-corrected chi connectivity index (χ1v) is 11.9. The van der Waals surface area contributed by atoms with Crippen LogP contribution < -0.4 is 9.62 Å². The van der Waals surface area contributed by atoms with E-state index in [1.807, 2.05) is 18.2 Å². The number of hydrogen-bond acceptors (Lipinski definition) is 6. The van der Waals surface area contributed by atoms with Crippen molar-refractivity contribution in [3.63, 3.8) is 0 Å². The summed E-state index contributed by atoms with van der Waals surface area (Å²) in [4.78, 5) is 21.1. The van der Waals surface area contributed by atoms with Crippen LogP contribution in [0.4, 0.5) is 11.5 Å². The molecule has 1 N–H and O–H groups in total. The van der Waals surface area contributed by atoms with Gasteiger partial charge in [0.15, 0.2) is 0 Å². The molecule has 0 spiro atoms. The average Bonchev–Trinajstić information content (AvgIpc) is 3.22. The number of piperazine rings is 1. The molecule has 1 aliphatic heterocycles. The number of aromatic nitrogens is 1. The van der Waals surface area contributed by atoms with E-state index in [9.17, 15) is 13.2 Å². The number of amides is 1. The molecular weight excluding hydrogens is 444 g/mol. The van der Waals surface area contributed by atoms with Gasteiger partial charge in [-0.3, -0.25) is 9.52 Å². The highest BCUT2D eigenvalue weighted by atomic mass is 35.5. The monoisotopic (exact) mass is 462 g/mol. The lowest BCUT2D eigenvalue weighted by Crippen LogP contribution is -2.49. The zero-order valence-electron chi connectivity index (χ0n) is 15.9. The van der Waals surface area contributed by atoms with Crippen LogP contribution in [0.1, 0.15) is 10.4 Å². The second kappa shape index (κ2) is 8.63. The third-order valence-corrected chi connectivity index (χ3v) is 7.84. The Kier molecular flexibility index (Phi) is 5.94. The first-order chi connectivity index (χ1) is 14.4. The van der Waals surface area contributed by atoms with Gasteiger partial charge in [0.25, 0.3) is 15.9 Å². The normalized spacial score (nSPS) is 14.6. The molecule has 1 aromatic carbocycles. The van der Waals surface area contributed by atoms with Gasteiger partial charge in [-0.05, 0) is 48.5 Å². The van der Waals surface area contributed by atoms with E-state index < -0.39 is 10.0 Å². The third kappa shape index (κ3) is 4.58. The van der Waals surface area contributed by atoms with Crippen LogP contribution in [-0.4, -0.2) is 50.4 Å². The maximum atomic E-state index is 12.8. The molecule has 3 aromatic rings. The molecule has 3 heterocycles. The van der Waals surface area contributed by atoms with Crippen molar-refractivity contribution in [2.75, 3.05) is 35.8 Å². The van der Waals surface area contributed by atoms with Crippen molar-refractivity contribution in [1.82, 2.24) is 9.88 Å². The Balaban J connectivity index is 1.38. The minimum Gasteiger partial charge on any atom is -0.353 e. The number of pyridine rings is 1. The van der Waals surface area contributed by atoms with Crippen molar-refractivity contribution in [1.29, 1.82) is 0 Å². The summed E-state index contributed by atoms with van der Waals surface area (Å²) >= 11 is 6.81. The summed E-state index contributed by atoms with van der Waals surface area (Å²) in [7, 11) is -3.70. The molecule has 1 amide bonds. The number of halogens is 1. The van der Waals surface area contributed by atoms with Crippen molar-refractivity contribution in [2.24, 2.45) is 0 Å². The molecule has 0 bridgehead atoms. The van der Waals surface area contributed by atoms with E-state index in [0.717, 1.165) is 17.2 Å². The van der Waals surface area contributed by atoms with Crippen molar-refractivity contribution in [3.05, 3.63) is 70.7 Å². The fraction of sp³-hybridized carbons (Fsp3) is 0.200. The zero-order chi connectivity index (χ0) is 21.1. The number of nitrogens with zero attached hydrogens (tertiary/aromatic N) is 3. The highest BCUT2D eigenvalue weighted by Crippen LogP contribution is 2.27. The number of hydrogen-bond donors (Lipinski definition) is 1. The fourth-order valence-corrected chi connectivity index (χ4v) is 5.73. The van der Waals surface area contributed by atoms with Crippen LogP contribution in [0.5, 0.6) is 0 Å². The molecule has 10 heteroatoms. The first kappa shape index (κ1) is 20.6. The molecule has 156 valence electrons. The molecule has 2 aromatic heterocycles. The standard InChI is InChI=1S/C20H19ClN4O3S2/c21-17-8-9-19(29-17)30(27,28)23-16-6-4-15(5-7-16)20(26)25-13-11-24(12-14-25)18-3-1-2-10-22-18/h1-10,23H,11-14H2. The zero-order valence-corrected chi connectivity index (χ0v) is 18.3. The summed E-state index contributed by atoms with van der Waals surface area (Å²) in [5.74, 6) is 0.836. The molecule has 4 rings (SSSR count). The molecule has 0 radical (unpaired) electrons. The van der Waals surface area contributed by atoms with E-state index >= 15 is 0 Å². The van der Waals surface area contributed by atoms with Crippen molar-refractivity contribution in [2.45, 2.75) is 4.21 Å². The summed E-state index contributed by atoms with van der Waals surface area (Å²) in [6.45, 7) is 2.62. The Bertz CT molecular complexity index is 1130. The van der Waals surface area contributed by atoms with Crippen molar-refractivity contribution in [3.8, 4) is 0 Å². The second-order valence-electron chi connectivity index (χ2n) is 6.71. The van der Waals surface area contributed by atoms with Gasteiger partial charge in [-0.25, -0.2) is 13.4 Å². The lowest BCUT2D eigenvalue weighted by molar-refractivity contribution is 0.0746.